The normalized spacial score (nSPS) is 11.7. The van der Waals surface area contributed by atoms with Gasteiger partial charge in [0.15, 0.2) is 5.16 Å². The third-order valence-corrected chi connectivity index (χ3v) is 4.72. The zero-order valence-corrected chi connectivity index (χ0v) is 14.7. The first-order valence-electron chi connectivity index (χ1n) is 7.68. The molecule has 25 heavy (non-hydrogen) atoms. The van der Waals surface area contributed by atoms with E-state index in [-0.39, 0.29) is 17.5 Å². The minimum absolute atomic E-state index is 0.206. The maximum atomic E-state index is 12.9. The highest BCUT2D eigenvalue weighted by molar-refractivity contribution is 7.99. The lowest BCUT2D eigenvalue weighted by atomic mass is 10.1. The number of thioether (sulfide) groups is 1. The number of carbonyl (C=O) groups excluding carboxylic acids is 1. The third kappa shape index (κ3) is 4.06. The molecule has 5 nitrogen and oxygen atoms in total. The lowest BCUT2D eigenvalue weighted by molar-refractivity contribution is -0.118. The van der Waals surface area contributed by atoms with Gasteiger partial charge in [0.1, 0.15) is 5.82 Å². The lowest BCUT2D eigenvalue weighted by Crippen LogP contribution is -2.21. The number of nitrogens with one attached hydrogen (secondary N) is 1. The number of hydrogen-bond acceptors (Lipinski definition) is 4. The van der Waals surface area contributed by atoms with E-state index in [0.717, 1.165) is 21.8 Å². The molecule has 0 bridgehead atoms. The number of carbonyl (C=O) groups is 1. The molecule has 0 aliphatic rings. The number of amides is 1. The summed E-state index contributed by atoms with van der Waals surface area (Å²) in [5.41, 5.74) is 5.81. The molecule has 0 spiro atoms. The van der Waals surface area contributed by atoms with Gasteiger partial charge in [-0.3, -0.25) is 4.79 Å². The van der Waals surface area contributed by atoms with E-state index in [1.165, 1.54) is 23.9 Å². The van der Waals surface area contributed by atoms with Crippen molar-refractivity contribution in [3.05, 3.63) is 59.9 Å². The van der Waals surface area contributed by atoms with Crippen molar-refractivity contribution in [2.24, 2.45) is 12.1 Å². The van der Waals surface area contributed by atoms with Crippen LogP contribution in [-0.2, 0) is 11.8 Å². The van der Waals surface area contributed by atoms with Crippen molar-refractivity contribution in [1.29, 1.82) is 0 Å². The molecule has 0 saturated heterocycles. The van der Waals surface area contributed by atoms with Crippen LogP contribution >= 0.6 is 11.8 Å². The molecule has 128 valence electrons. The fourth-order valence-electron chi connectivity index (χ4n) is 2.32. The van der Waals surface area contributed by atoms with Crippen LogP contribution in [0.2, 0.25) is 0 Å². The molecule has 0 saturated carbocycles. The Morgan fingerprint density at radius 2 is 1.96 bits per heavy atom. The molecule has 1 N–H and O–H groups in total. The Morgan fingerprint density at radius 3 is 2.68 bits per heavy atom. The summed E-state index contributed by atoms with van der Waals surface area (Å²) in [4.78, 5) is 16.5. The standard InChI is InChI=1S/C18H17FN4OS/c1-12(13-7-9-14(19)10-8-13)21-22-17(24)11-25-18-20-15-5-3-4-6-16(15)23(18)2/h3-10H,11H2,1-2H3,(H,22,24). The van der Waals surface area contributed by atoms with Crippen LogP contribution in [0.1, 0.15) is 12.5 Å². The smallest absolute Gasteiger partial charge is 0.250 e. The zero-order chi connectivity index (χ0) is 17.8. The van der Waals surface area contributed by atoms with Crippen LogP contribution < -0.4 is 5.43 Å². The van der Waals surface area contributed by atoms with Crippen LogP contribution in [0.15, 0.2) is 58.8 Å². The van der Waals surface area contributed by atoms with E-state index in [4.69, 9.17) is 0 Å². The zero-order valence-electron chi connectivity index (χ0n) is 13.9. The summed E-state index contributed by atoms with van der Waals surface area (Å²) in [6.07, 6.45) is 0. The van der Waals surface area contributed by atoms with E-state index in [1.807, 2.05) is 35.9 Å². The number of hydrogen-bond donors (Lipinski definition) is 1. The number of benzene rings is 2. The molecule has 3 rings (SSSR count). The second kappa shape index (κ2) is 7.48. The van der Waals surface area contributed by atoms with Crippen molar-refractivity contribution in [1.82, 2.24) is 15.0 Å². The van der Waals surface area contributed by atoms with E-state index < -0.39 is 0 Å². The van der Waals surface area contributed by atoms with Crippen molar-refractivity contribution >= 4 is 34.4 Å². The van der Waals surface area contributed by atoms with Gasteiger partial charge in [-0.2, -0.15) is 5.10 Å². The summed E-state index contributed by atoms with van der Waals surface area (Å²) in [5, 5.41) is 4.83. The summed E-state index contributed by atoms with van der Waals surface area (Å²) >= 11 is 1.35. The van der Waals surface area contributed by atoms with Crippen LogP contribution in [0.4, 0.5) is 4.39 Å². The van der Waals surface area contributed by atoms with Crippen molar-refractivity contribution in [2.75, 3.05) is 5.75 Å². The van der Waals surface area contributed by atoms with E-state index in [2.05, 4.69) is 15.5 Å². The van der Waals surface area contributed by atoms with Gasteiger partial charge in [0, 0.05) is 7.05 Å². The fraction of sp³-hybridized carbons (Fsp3) is 0.167. The van der Waals surface area contributed by atoms with Crippen LogP contribution in [0.25, 0.3) is 11.0 Å². The number of fused-ring (bicyclic) bond motifs is 1. The Balaban J connectivity index is 1.59. The van der Waals surface area contributed by atoms with Gasteiger partial charge in [-0.1, -0.05) is 36.0 Å². The number of para-hydroxylation sites is 2. The van der Waals surface area contributed by atoms with Gasteiger partial charge < -0.3 is 4.57 Å². The van der Waals surface area contributed by atoms with Crippen molar-refractivity contribution in [2.45, 2.75) is 12.1 Å². The molecule has 1 heterocycles. The van der Waals surface area contributed by atoms with Crippen molar-refractivity contribution in [3.8, 4) is 0 Å². The fourth-order valence-corrected chi connectivity index (χ4v) is 3.10. The summed E-state index contributed by atoms with van der Waals surface area (Å²) in [5.74, 6) is -0.324. The average molecular weight is 356 g/mol. The first kappa shape index (κ1) is 17.2. The number of halogens is 1. The molecule has 7 heteroatoms. The maximum Gasteiger partial charge on any atom is 0.250 e. The summed E-state index contributed by atoms with van der Waals surface area (Å²) < 4.78 is 14.9. The summed E-state index contributed by atoms with van der Waals surface area (Å²) in [7, 11) is 1.92. The van der Waals surface area contributed by atoms with Crippen LogP contribution in [0.3, 0.4) is 0 Å². The second-order valence-electron chi connectivity index (χ2n) is 5.47. The number of aromatic nitrogens is 2. The minimum Gasteiger partial charge on any atom is -0.322 e. The maximum absolute atomic E-state index is 12.9. The molecule has 2 aromatic carbocycles. The van der Waals surface area contributed by atoms with Crippen LogP contribution in [0, 0.1) is 5.82 Å². The Kier molecular flexibility index (Phi) is 5.14. The molecule has 0 atom stereocenters. The summed E-state index contributed by atoms with van der Waals surface area (Å²) in [6, 6.07) is 13.8. The predicted octanol–water partition coefficient (Wildman–Crippen LogP) is 3.34. The average Bonchev–Trinajstić information content (AvgIpc) is 2.95. The lowest BCUT2D eigenvalue weighted by Gasteiger charge is -2.03. The molecular weight excluding hydrogens is 339 g/mol. The van der Waals surface area contributed by atoms with Gasteiger partial charge in [-0.25, -0.2) is 14.8 Å². The van der Waals surface area contributed by atoms with Gasteiger partial charge in [0.25, 0.3) is 5.91 Å². The number of aryl methyl sites for hydroxylation is 1. The molecule has 0 aliphatic heterocycles. The van der Waals surface area contributed by atoms with Crippen molar-refractivity contribution in [3.63, 3.8) is 0 Å². The van der Waals surface area contributed by atoms with Gasteiger partial charge in [0.05, 0.1) is 22.5 Å². The molecule has 0 unspecified atom stereocenters. The Bertz CT molecular complexity index is 934. The number of nitrogens with zero attached hydrogens (tertiary/aromatic N) is 3. The number of rotatable bonds is 5. The van der Waals surface area contributed by atoms with Crippen LogP contribution in [-0.4, -0.2) is 26.9 Å². The van der Waals surface area contributed by atoms with E-state index >= 15 is 0 Å². The van der Waals surface area contributed by atoms with Crippen molar-refractivity contribution < 1.29 is 9.18 Å². The number of imidazole rings is 1. The van der Waals surface area contributed by atoms with E-state index in [1.54, 1.807) is 19.1 Å². The van der Waals surface area contributed by atoms with Gasteiger partial charge in [-0.15, -0.1) is 0 Å². The molecule has 0 radical (unpaired) electrons. The Morgan fingerprint density at radius 1 is 1.24 bits per heavy atom. The summed E-state index contributed by atoms with van der Waals surface area (Å²) in [6.45, 7) is 1.76. The van der Waals surface area contributed by atoms with E-state index in [0.29, 0.717) is 5.71 Å². The quantitative estimate of drug-likeness (QED) is 0.433. The number of hydrazone groups is 1. The van der Waals surface area contributed by atoms with Gasteiger partial charge in [0.2, 0.25) is 0 Å². The Labute approximate surface area is 148 Å². The Hall–Kier alpha value is -2.67. The monoisotopic (exact) mass is 356 g/mol. The molecule has 0 fully saturated rings. The second-order valence-corrected chi connectivity index (χ2v) is 6.41. The third-order valence-electron chi connectivity index (χ3n) is 3.69. The first-order valence-corrected chi connectivity index (χ1v) is 8.66. The molecule has 0 aliphatic carbocycles. The highest BCUT2D eigenvalue weighted by Gasteiger charge is 2.10. The SMILES string of the molecule is CC(=NNC(=O)CSc1nc2ccccc2n1C)c1ccc(F)cc1. The highest BCUT2D eigenvalue weighted by atomic mass is 32.2. The van der Waals surface area contributed by atoms with E-state index in [9.17, 15) is 9.18 Å². The van der Waals surface area contributed by atoms with Gasteiger partial charge >= 0.3 is 0 Å². The first-order chi connectivity index (χ1) is 12.0. The molecular formula is C18H17FN4OS. The predicted molar refractivity (Wildman–Crippen MR) is 98.2 cm³/mol. The highest BCUT2D eigenvalue weighted by Crippen LogP contribution is 2.22. The largest absolute Gasteiger partial charge is 0.322 e. The molecule has 3 aromatic rings. The molecule has 1 aromatic heterocycles. The molecule has 1 amide bonds. The van der Waals surface area contributed by atoms with Crippen LogP contribution in [0.5, 0.6) is 0 Å². The minimum atomic E-state index is -0.306. The topological polar surface area (TPSA) is 59.3 Å². The van der Waals surface area contributed by atoms with Gasteiger partial charge in [-0.05, 0) is 36.8 Å².